The van der Waals surface area contributed by atoms with E-state index in [0.29, 0.717) is 0 Å². The highest BCUT2D eigenvalue weighted by Crippen LogP contribution is 2.32. The van der Waals surface area contributed by atoms with Crippen molar-refractivity contribution in [3.8, 4) is 5.69 Å². The van der Waals surface area contributed by atoms with Gasteiger partial charge in [-0.05, 0) is 44.0 Å². The molecule has 1 aliphatic heterocycles. The number of hydrogen-bond acceptors (Lipinski definition) is 4. The third-order valence-electron chi connectivity index (χ3n) is 6.29. The van der Waals surface area contributed by atoms with Crippen LogP contribution in [0.3, 0.4) is 0 Å². The van der Waals surface area contributed by atoms with Crippen LogP contribution in [0.5, 0.6) is 0 Å². The minimum atomic E-state index is 0.136. The summed E-state index contributed by atoms with van der Waals surface area (Å²) in [5.41, 5.74) is 5.81. The molecule has 0 aliphatic carbocycles. The Bertz CT molecular complexity index is 1260. The molecule has 164 valence electrons. The standard InChI is InChI=1S/C26H28N4OS/c1-18-8-10-21(11-9-18)17-28-12-14-29(15-13-28)25(31)24-16-22-20(3)27-30(26(22)32-24)23-7-5-4-6-19(23)2/h4-11,16H,12-15,17H2,1-3H3. The molecule has 32 heavy (non-hydrogen) atoms. The molecule has 1 amide bonds. The fourth-order valence-electron chi connectivity index (χ4n) is 4.33. The molecule has 0 N–H and O–H groups in total. The maximum absolute atomic E-state index is 13.3. The second-order valence-corrected chi connectivity index (χ2v) is 9.70. The summed E-state index contributed by atoms with van der Waals surface area (Å²) in [6.45, 7) is 10.5. The first-order valence-electron chi connectivity index (χ1n) is 11.1. The Labute approximate surface area is 192 Å². The number of carbonyl (C=O) groups is 1. The topological polar surface area (TPSA) is 41.4 Å². The maximum Gasteiger partial charge on any atom is 0.264 e. The summed E-state index contributed by atoms with van der Waals surface area (Å²) in [4.78, 5) is 19.6. The Hall–Kier alpha value is -2.96. The number of rotatable bonds is 4. The van der Waals surface area contributed by atoms with Crippen molar-refractivity contribution in [3.63, 3.8) is 0 Å². The van der Waals surface area contributed by atoms with Crippen LogP contribution >= 0.6 is 11.3 Å². The smallest absolute Gasteiger partial charge is 0.264 e. The molecule has 1 aliphatic rings. The molecular weight excluding hydrogens is 416 g/mol. The van der Waals surface area contributed by atoms with Crippen molar-refractivity contribution >= 4 is 27.5 Å². The van der Waals surface area contributed by atoms with Crippen molar-refractivity contribution in [2.24, 2.45) is 0 Å². The fourth-order valence-corrected chi connectivity index (χ4v) is 5.48. The lowest BCUT2D eigenvalue weighted by atomic mass is 10.1. The van der Waals surface area contributed by atoms with E-state index in [9.17, 15) is 4.79 Å². The molecule has 1 fully saturated rings. The van der Waals surface area contributed by atoms with E-state index in [1.807, 2.05) is 34.7 Å². The van der Waals surface area contributed by atoms with Crippen LogP contribution in [0, 0.1) is 20.8 Å². The largest absolute Gasteiger partial charge is 0.335 e. The number of fused-ring (bicyclic) bond motifs is 1. The highest BCUT2D eigenvalue weighted by Gasteiger charge is 2.25. The van der Waals surface area contributed by atoms with Crippen molar-refractivity contribution in [1.29, 1.82) is 0 Å². The lowest BCUT2D eigenvalue weighted by Gasteiger charge is -2.34. The molecule has 6 heteroatoms. The van der Waals surface area contributed by atoms with Crippen LogP contribution in [-0.2, 0) is 6.54 Å². The first-order valence-corrected chi connectivity index (χ1v) is 11.9. The third kappa shape index (κ3) is 3.96. The van der Waals surface area contributed by atoms with E-state index < -0.39 is 0 Å². The average molecular weight is 445 g/mol. The van der Waals surface area contributed by atoms with Crippen molar-refractivity contribution in [2.75, 3.05) is 26.2 Å². The molecule has 0 bridgehead atoms. The number of para-hydroxylation sites is 1. The number of hydrogen-bond donors (Lipinski definition) is 0. The molecule has 0 spiro atoms. The Balaban J connectivity index is 1.31. The molecule has 0 saturated carbocycles. The number of aryl methyl sites for hydroxylation is 3. The van der Waals surface area contributed by atoms with Crippen LogP contribution in [0.4, 0.5) is 0 Å². The van der Waals surface area contributed by atoms with Crippen molar-refractivity contribution in [1.82, 2.24) is 19.6 Å². The van der Waals surface area contributed by atoms with Gasteiger partial charge in [0.15, 0.2) is 0 Å². The van der Waals surface area contributed by atoms with E-state index >= 15 is 0 Å². The fraction of sp³-hybridized carbons (Fsp3) is 0.308. The molecule has 5 nitrogen and oxygen atoms in total. The zero-order valence-corrected chi connectivity index (χ0v) is 19.7. The van der Waals surface area contributed by atoms with Gasteiger partial charge < -0.3 is 4.90 Å². The zero-order chi connectivity index (χ0) is 22.2. The van der Waals surface area contributed by atoms with Gasteiger partial charge in [0.05, 0.1) is 16.3 Å². The second kappa shape index (κ2) is 8.52. The Morgan fingerprint density at radius 3 is 2.41 bits per heavy atom. The van der Waals surface area contributed by atoms with Crippen molar-refractivity contribution in [3.05, 3.63) is 81.9 Å². The van der Waals surface area contributed by atoms with Crippen molar-refractivity contribution < 1.29 is 4.79 Å². The van der Waals surface area contributed by atoms with Crippen LogP contribution in [0.15, 0.2) is 54.6 Å². The van der Waals surface area contributed by atoms with E-state index in [4.69, 9.17) is 5.10 Å². The molecular formula is C26H28N4OS. The van der Waals surface area contributed by atoms with Gasteiger partial charge in [-0.1, -0.05) is 48.0 Å². The highest BCUT2D eigenvalue weighted by molar-refractivity contribution is 7.20. The lowest BCUT2D eigenvalue weighted by Crippen LogP contribution is -2.48. The monoisotopic (exact) mass is 444 g/mol. The van der Waals surface area contributed by atoms with Gasteiger partial charge in [0, 0.05) is 38.1 Å². The minimum absolute atomic E-state index is 0.136. The number of piperazine rings is 1. The lowest BCUT2D eigenvalue weighted by molar-refractivity contribution is 0.0633. The third-order valence-corrected chi connectivity index (χ3v) is 7.38. The summed E-state index contributed by atoms with van der Waals surface area (Å²) >= 11 is 1.55. The number of carbonyl (C=O) groups excluding carboxylic acids is 1. The Morgan fingerprint density at radius 2 is 1.69 bits per heavy atom. The molecule has 3 heterocycles. The SMILES string of the molecule is Cc1ccc(CN2CCN(C(=O)c3cc4c(C)nn(-c5ccccc5C)c4s3)CC2)cc1. The van der Waals surface area contributed by atoms with Gasteiger partial charge in [0.1, 0.15) is 4.83 Å². The van der Waals surface area contributed by atoms with Gasteiger partial charge in [-0.2, -0.15) is 5.10 Å². The predicted molar refractivity (Wildman–Crippen MR) is 131 cm³/mol. The molecule has 5 rings (SSSR count). The number of amides is 1. The second-order valence-electron chi connectivity index (χ2n) is 8.67. The summed E-state index contributed by atoms with van der Waals surface area (Å²) in [5.74, 6) is 0.136. The molecule has 0 radical (unpaired) electrons. The molecule has 0 atom stereocenters. The summed E-state index contributed by atoms with van der Waals surface area (Å²) in [6.07, 6.45) is 0. The Morgan fingerprint density at radius 1 is 0.969 bits per heavy atom. The molecule has 0 unspecified atom stereocenters. The van der Waals surface area contributed by atoms with Crippen molar-refractivity contribution in [2.45, 2.75) is 27.3 Å². The quantitative estimate of drug-likeness (QED) is 0.446. The first-order chi connectivity index (χ1) is 15.5. The molecule has 2 aromatic carbocycles. The molecule has 1 saturated heterocycles. The van der Waals surface area contributed by atoms with Gasteiger partial charge in [-0.25, -0.2) is 4.68 Å². The van der Waals surface area contributed by atoms with Gasteiger partial charge in [0.2, 0.25) is 0 Å². The van der Waals surface area contributed by atoms with Gasteiger partial charge in [0.25, 0.3) is 5.91 Å². The average Bonchev–Trinajstić information content (AvgIpc) is 3.36. The number of benzene rings is 2. The molecule has 4 aromatic rings. The van der Waals surface area contributed by atoms with Crippen LogP contribution in [0.25, 0.3) is 15.9 Å². The van der Waals surface area contributed by atoms with Gasteiger partial charge in [-0.3, -0.25) is 9.69 Å². The summed E-state index contributed by atoms with van der Waals surface area (Å²) in [7, 11) is 0. The normalized spacial score (nSPS) is 14.9. The van der Waals surface area contributed by atoms with Crippen LogP contribution in [0.2, 0.25) is 0 Å². The van der Waals surface area contributed by atoms with Crippen LogP contribution < -0.4 is 0 Å². The Kier molecular flexibility index (Phi) is 5.57. The summed E-state index contributed by atoms with van der Waals surface area (Å²) < 4.78 is 1.99. The number of nitrogens with zero attached hydrogens (tertiary/aromatic N) is 4. The maximum atomic E-state index is 13.3. The highest BCUT2D eigenvalue weighted by atomic mass is 32.1. The summed E-state index contributed by atoms with van der Waals surface area (Å²) in [6, 6.07) is 19.0. The van der Waals surface area contributed by atoms with E-state index in [2.05, 4.69) is 55.1 Å². The zero-order valence-electron chi connectivity index (χ0n) is 18.8. The van der Waals surface area contributed by atoms with Crippen LogP contribution in [0.1, 0.15) is 32.1 Å². The molecule has 2 aromatic heterocycles. The van der Waals surface area contributed by atoms with Crippen LogP contribution in [-0.4, -0.2) is 51.7 Å². The predicted octanol–water partition coefficient (Wildman–Crippen LogP) is 4.97. The van der Waals surface area contributed by atoms with Gasteiger partial charge in [-0.15, -0.1) is 11.3 Å². The van der Waals surface area contributed by atoms with E-state index in [0.717, 1.165) is 59.2 Å². The van der Waals surface area contributed by atoms with Gasteiger partial charge >= 0.3 is 0 Å². The minimum Gasteiger partial charge on any atom is -0.335 e. The number of thiophene rings is 1. The first kappa shape index (κ1) is 20.9. The summed E-state index contributed by atoms with van der Waals surface area (Å²) in [5, 5.41) is 5.81. The number of aromatic nitrogens is 2. The van der Waals surface area contributed by atoms with E-state index in [1.54, 1.807) is 11.3 Å². The van der Waals surface area contributed by atoms with E-state index in [-0.39, 0.29) is 5.91 Å². The van der Waals surface area contributed by atoms with E-state index in [1.165, 1.54) is 16.7 Å².